The predicted molar refractivity (Wildman–Crippen MR) is 66.7 cm³/mol. The van der Waals surface area contributed by atoms with E-state index in [1.54, 1.807) is 0 Å². The Labute approximate surface area is 107 Å². The van der Waals surface area contributed by atoms with Gasteiger partial charge in [-0.25, -0.2) is 0 Å². The van der Waals surface area contributed by atoms with Gasteiger partial charge in [-0.1, -0.05) is 29.8 Å². The van der Waals surface area contributed by atoms with Crippen LogP contribution in [0, 0.1) is 6.92 Å². The van der Waals surface area contributed by atoms with Crippen LogP contribution in [0.5, 0.6) is 0 Å². The molecule has 3 rings (SSSR count). The van der Waals surface area contributed by atoms with Crippen molar-refractivity contribution in [2.45, 2.75) is 43.7 Å². The van der Waals surface area contributed by atoms with Crippen molar-refractivity contribution >= 4 is 11.6 Å². The molecule has 2 aliphatic rings. The van der Waals surface area contributed by atoms with Crippen LogP contribution in [0.25, 0.3) is 0 Å². The van der Waals surface area contributed by atoms with Gasteiger partial charge in [0.05, 0.1) is 6.10 Å². The Morgan fingerprint density at radius 3 is 2.59 bits per heavy atom. The van der Waals surface area contributed by atoms with Gasteiger partial charge in [0.15, 0.2) is 5.79 Å². The molecule has 91 valence electrons. The molecule has 17 heavy (non-hydrogen) atoms. The molecule has 0 bridgehead atoms. The van der Waals surface area contributed by atoms with Crippen LogP contribution in [0.2, 0.25) is 5.02 Å². The number of hydrogen-bond acceptors (Lipinski definition) is 2. The SMILES string of the molecule is [CH2][C@H]1OC2(CCCC2)O[C@@H]1c1ccccc1Cl. The van der Waals surface area contributed by atoms with Crippen molar-refractivity contribution in [3.8, 4) is 0 Å². The predicted octanol–water partition coefficient (Wildman–Crippen LogP) is 3.90. The molecule has 1 heterocycles. The number of benzene rings is 1. The standard InChI is InChI=1S/C14H16ClO2/c1-10-13(11-6-2-3-7-12(11)15)17-14(16-10)8-4-5-9-14/h2-3,6-7,10,13H,1,4-5,8-9H2/t10-,13+/m1/s1. The highest BCUT2D eigenvalue weighted by atomic mass is 35.5. The monoisotopic (exact) mass is 251 g/mol. The first-order valence-corrected chi connectivity index (χ1v) is 6.51. The second-order valence-electron chi connectivity index (χ2n) is 4.83. The maximum absolute atomic E-state index is 6.20. The zero-order valence-corrected chi connectivity index (χ0v) is 10.5. The third kappa shape index (κ3) is 1.99. The quantitative estimate of drug-likeness (QED) is 0.754. The lowest BCUT2D eigenvalue weighted by Crippen LogP contribution is -2.26. The molecule has 2 fully saturated rings. The highest BCUT2D eigenvalue weighted by Crippen LogP contribution is 2.47. The van der Waals surface area contributed by atoms with Crippen LogP contribution < -0.4 is 0 Å². The Hall–Kier alpha value is -0.570. The zero-order valence-electron chi connectivity index (χ0n) is 9.69. The second kappa shape index (κ2) is 4.27. The van der Waals surface area contributed by atoms with Gasteiger partial charge in [0.2, 0.25) is 0 Å². The average Bonchev–Trinajstić information content (AvgIpc) is 2.88. The molecule has 1 saturated carbocycles. The van der Waals surface area contributed by atoms with E-state index in [1.165, 1.54) is 12.8 Å². The molecule has 3 heteroatoms. The van der Waals surface area contributed by atoms with E-state index in [4.69, 9.17) is 21.1 Å². The third-order valence-corrected chi connectivity index (χ3v) is 3.97. The summed E-state index contributed by atoms with van der Waals surface area (Å²) in [7, 11) is 0. The summed E-state index contributed by atoms with van der Waals surface area (Å²) in [4.78, 5) is 0. The fourth-order valence-electron chi connectivity index (χ4n) is 2.79. The maximum atomic E-state index is 6.20. The molecule has 2 atom stereocenters. The number of rotatable bonds is 1. The first kappa shape index (κ1) is 11.5. The summed E-state index contributed by atoms with van der Waals surface area (Å²) >= 11 is 6.20. The number of halogens is 1. The van der Waals surface area contributed by atoms with E-state index in [9.17, 15) is 0 Å². The van der Waals surface area contributed by atoms with E-state index >= 15 is 0 Å². The Kier molecular flexibility index (Phi) is 2.89. The van der Waals surface area contributed by atoms with Gasteiger partial charge >= 0.3 is 0 Å². The Bertz CT molecular complexity index is 412. The minimum Gasteiger partial charge on any atom is -0.344 e. The van der Waals surface area contributed by atoms with Crippen LogP contribution in [0.4, 0.5) is 0 Å². The Balaban J connectivity index is 1.87. The van der Waals surface area contributed by atoms with Crippen LogP contribution in [0.3, 0.4) is 0 Å². The van der Waals surface area contributed by atoms with Crippen molar-refractivity contribution in [1.82, 2.24) is 0 Å². The normalized spacial score (nSPS) is 31.2. The van der Waals surface area contributed by atoms with Crippen molar-refractivity contribution in [3.63, 3.8) is 0 Å². The molecule has 1 spiro atoms. The lowest BCUT2D eigenvalue weighted by Gasteiger charge is -2.22. The molecule has 1 radical (unpaired) electrons. The fourth-order valence-corrected chi connectivity index (χ4v) is 3.03. The van der Waals surface area contributed by atoms with Gasteiger partial charge in [-0.3, -0.25) is 0 Å². The van der Waals surface area contributed by atoms with E-state index < -0.39 is 5.79 Å². The molecular formula is C14H16ClO2. The van der Waals surface area contributed by atoms with Crippen molar-refractivity contribution in [2.75, 3.05) is 0 Å². The molecule has 0 unspecified atom stereocenters. The van der Waals surface area contributed by atoms with Crippen LogP contribution in [-0.4, -0.2) is 11.9 Å². The van der Waals surface area contributed by atoms with Crippen molar-refractivity contribution < 1.29 is 9.47 Å². The topological polar surface area (TPSA) is 18.5 Å². The third-order valence-electron chi connectivity index (χ3n) is 3.62. The van der Waals surface area contributed by atoms with Crippen LogP contribution in [-0.2, 0) is 9.47 Å². The summed E-state index contributed by atoms with van der Waals surface area (Å²) in [6, 6.07) is 7.76. The van der Waals surface area contributed by atoms with Gasteiger partial charge in [-0.15, -0.1) is 0 Å². The molecule has 1 aromatic rings. The molecule has 0 N–H and O–H groups in total. The summed E-state index contributed by atoms with van der Waals surface area (Å²) in [5.74, 6) is -0.393. The molecule has 2 nitrogen and oxygen atoms in total. The lowest BCUT2D eigenvalue weighted by molar-refractivity contribution is -0.167. The van der Waals surface area contributed by atoms with E-state index in [2.05, 4.69) is 6.92 Å². The van der Waals surface area contributed by atoms with Crippen LogP contribution in [0.15, 0.2) is 24.3 Å². The van der Waals surface area contributed by atoms with E-state index in [1.807, 2.05) is 24.3 Å². The van der Waals surface area contributed by atoms with Crippen molar-refractivity contribution in [2.24, 2.45) is 0 Å². The van der Waals surface area contributed by atoms with Crippen molar-refractivity contribution in [3.05, 3.63) is 41.8 Å². The molecule has 1 aromatic carbocycles. The number of hydrogen-bond donors (Lipinski definition) is 0. The van der Waals surface area contributed by atoms with Crippen LogP contribution in [0.1, 0.15) is 37.4 Å². The van der Waals surface area contributed by atoms with Gasteiger partial charge in [0, 0.05) is 23.4 Å². The van der Waals surface area contributed by atoms with Gasteiger partial charge in [-0.05, 0) is 25.8 Å². The maximum Gasteiger partial charge on any atom is 0.169 e. The van der Waals surface area contributed by atoms with Gasteiger partial charge < -0.3 is 9.47 Å². The van der Waals surface area contributed by atoms with E-state index in [0.717, 1.165) is 23.4 Å². The molecule has 1 saturated heterocycles. The second-order valence-corrected chi connectivity index (χ2v) is 5.24. The Morgan fingerprint density at radius 2 is 1.88 bits per heavy atom. The first-order valence-electron chi connectivity index (χ1n) is 6.13. The summed E-state index contributed by atoms with van der Waals surface area (Å²) in [6.45, 7) is 4.05. The number of ether oxygens (including phenoxy) is 2. The highest BCUT2D eigenvalue weighted by molar-refractivity contribution is 6.31. The van der Waals surface area contributed by atoms with Crippen molar-refractivity contribution in [1.29, 1.82) is 0 Å². The average molecular weight is 252 g/mol. The summed E-state index contributed by atoms with van der Waals surface area (Å²) < 4.78 is 12.1. The first-order chi connectivity index (χ1) is 8.20. The largest absolute Gasteiger partial charge is 0.344 e. The molecule has 0 amide bonds. The van der Waals surface area contributed by atoms with Gasteiger partial charge in [0.25, 0.3) is 0 Å². The summed E-state index contributed by atoms with van der Waals surface area (Å²) in [6.07, 6.45) is 3.97. The molecule has 1 aliphatic heterocycles. The minimum atomic E-state index is -0.393. The van der Waals surface area contributed by atoms with Gasteiger partial charge in [0.1, 0.15) is 6.10 Å². The minimum absolute atomic E-state index is 0.137. The van der Waals surface area contributed by atoms with E-state index in [-0.39, 0.29) is 12.2 Å². The fraction of sp³-hybridized carbons (Fsp3) is 0.500. The smallest absolute Gasteiger partial charge is 0.169 e. The summed E-state index contributed by atoms with van der Waals surface area (Å²) in [5.41, 5.74) is 0.984. The Morgan fingerprint density at radius 1 is 1.18 bits per heavy atom. The van der Waals surface area contributed by atoms with E-state index in [0.29, 0.717) is 0 Å². The molecular weight excluding hydrogens is 236 g/mol. The molecule has 0 aromatic heterocycles. The summed E-state index contributed by atoms with van der Waals surface area (Å²) in [5, 5.41) is 0.727. The van der Waals surface area contributed by atoms with Crippen LogP contribution >= 0.6 is 11.6 Å². The highest BCUT2D eigenvalue weighted by Gasteiger charge is 2.48. The lowest BCUT2D eigenvalue weighted by atomic mass is 10.1. The zero-order chi connectivity index (χ0) is 11.9. The van der Waals surface area contributed by atoms with Gasteiger partial charge in [-0.2, -0.15) is 0 Å². The molecule has 1 aliphatic carbocycles.